The predicted octanol–water partition coefficient (Wildman–Crippen LogP) is 2.48. The first kappa shape index (κ1) is 15.5. The van der Waals surface area contributed by atoms with Gasteiger partial charge in [0.25, 0.3) is 5.91 Å². The molecule has 1 aromatic carbocycles. The molecular formula is C17H20FNO2. The minimum Gasteiger partial charge on any atom is -0.395 e. The molecule has 0 radical (unpaired) electrons. The van der Waals surface area contributed by atoms with Crippen LogP contribution in [0.15, 0.2) is 18.2 Å². The van der Waals surface area contributed by atoms with Gasteiger partial charge in [-0.25, -0.2) is 4.39 Å². The summed E-state index contributed by atoms with van der Waals surface area (Å²) in [6.07, 6.45) is 5.09. The lowest BCUT2D eigenvalue weighted by Gasteiger charge is -2.25. The smallest absolute Gasteiger partial charge is 0.254 e. The quantitative estimate of drug-likeness (QED) is 0.818. The van der Waals surface area contributed by atoms with Crippen molar-refractivity contribution in [1.29, 1.82) is 0 Å². The Balaban J connectivity index is 1.89. The second-order valence-corrected chi connectivity index (χ2v) is 5.31. The number of halogens is 1. The summed E-state index contributed by atoms with van der Waals surface area (Å²) < 4.78 is 13.9. The van der Waals surface area contributed by atoms with Crippen LogP contribution in [0.3, 0.4) is 0 Å². The molecule has 0 spiro atoms. The van der Waals surface area contributed by atoms with Gasteiger partial charge in [-0.05, 0) is 30.5 Å². The Morgan fingerprint density at radius 3 is 2.86 bits per heavy atom. The SMILES string of the molecule is O=C(NCCC1CCC1)c1ccc(C#CCCO)cc1F. The van der Waals surface area contributed by atoms with Crippen molar-refractivity contribution in [2.24, 2.45) is 5.92 Å². The minimum atomic E-state index is -0.563. The fraction of sp³-hybridized carbons (Fsp3) is 0.471. The first-order valence-corrected chi connectivity index (χ1v) is 7.38. The predicted molar refractivity (Wildman–Crippen MR) is 79.3 cm³/mol. The molecule has 0 atom stereocenters. The number of hydrogen-bond acceptors (Lipinski definition) is 2. The summed E-state index contributed by atoms with van der Waals surface area (Å²) in [5, 5.41) is 11.4. The number of benzene rings is 1. The lowest BCUT2D eigenvalue weighted by molar-refractivity contribution is 0.0945. The molecule has 1 aromatic rings. The molecule has 0 heterocycles. The lowest BCUT2D eigenvalue weighted by atomic mass is 9.83. The molecule has 1 amide bonds. The van der Waals surface area contributed by atoms with Crippen LogP contribution in [0.2, 0.25) is 0 Å². The van der Waals surface area contributed by atoms with Crippen molar-refractivity contribution in [1.82, 2.24) is 5.32 Å². The van der Waals surface area contributed by atoms with Crippen LogP contribution in [-0.2, 0) is 0 Å². The molecule has 3 nitrogen and oxygen atoms in total. The van der Waals surface area contributed by atoms with Gasteiger partial charge in [0.05, 0.1) is 12.2 Å². The first-order chi connectivity index (χ1) is 10.2. The average Bonchev–Trinajstić information content (AvgIpc) is 2.42. The van der Waals surface area contributed by atoms with E-state index < -0.39 is 5.82 Å². The largest absolute Gasteiger partial charge is 0.395 e. The summed E-state index contributed by atoms with van der Waals surface area (Å²) in [7, 11) is 0. The maximum atomic E-state index is 13.9. The molecular weight excluding hydrogens is 269 g/mol. The topological polar surface area (TPSA) is 49.3 Å². The van der Waals surface area contributed by atoms with Gasteiger partial charge in [0, 0.05) is 18.5 Å². The van der Waals surface area contributed by atoms with Crippen LogP contribution in [0.1, 0.15) is 48.0 Å². The van der Waals surface area contributed by atoms with Crippen LogP contribution in [0, 0.1) is 23.6 Å². The van der Waals surface area contributed by atoms with Crippen LogP contribution < -0.4 is 5.32 Å². The maximum Gasteiger partial charge on any atom is 0.254 e. The third kappa shape index (κ3) is 4.57. The third-order valence-electron chi connectivity index (χ3n) is 3.75. The first-order valence-electron chi connectivity index (χ1n) is 7.38. The zero-order chi connectivity index (χ0) is 15.1. The van der Waals surface area contributed by atoms with Crippen LogP contribution in [0.25, 0.3) is 0 Å². The number of amides is 1. The van der Waals surface area contributed by atoms with Gasteiger partial charge in [-0.2, -0.15) is 0 Å². The highest BCUT2D eigenvalue weighted by molar-refractivity contribution is 5.94. The molecule has 0 aromatic heterocycles. The Bertz CT molecular complexity index is 556. The van der Waals surface area contributed by atoms with Crippen molar-refractivity contribution in [2.75, 3.05) is 13.2 Å². The molecule has 1 fully saturated rings. The Hall–Kier alpha value is -1.86. The standard InChI is InChI=1S/C17H20FNO2/c18-16-12-14(4-1-2-11-20)7-8-15(16)17(21)19-10-9-13-5-3-6-13/h7-8,12-13,20H,2-3,5-6,9-11H2,(H,19,21). The Labute approximate surface area is 124 Å². The Kier molecular flexibility index (Phi) is 5.77. The Morgan fingerprint density at radius 1 is 1.43 bits per heavy atom. The van der Waals surface area contributed by atoms with E-state index in [0.717, 1.165) is 12.3 Å². The number of rotatable bonds is 5. The van der Waals surface area contributed by atoms with E-state index in [1.54, 1.807) is 6.07 Å². The highest BCUT2D eigenvalue weighted by atomic mass is 19.1. The van der Waals surface area contributed by atoms with Gasteiger partial charge >= 0.3 is 0 Å². The van der Waals surface area contributed by atoms with E-state index in [9.17, 15) is 9.18 Å². The molecule has 2 N–H and O–H groups in total. The number of carbonyl (C=O) groups is 1. The summed E-state index contributed by atoms with van der Waals surface area (Å²) in [5.41, 5.74) is 0.559. The molecule has 0 saturated heterocycles. The zero-order valence-corrected chi connectivity index (χ0v) is 12.0. The summed E-state index contributed by atoms with van der Waals surface area (Å²) >= 11 is 0. The summed E-state index contributed by atoms with van der Waals surface area (Å²) in [5.74, 6) is 5.25. The number of carbonyl (C=O) groups excluding carboxylic acids is 1. The highest BCUT2D eigenvalue weighted by Crippen LogP contribution is 2.28. The van der Waals surface area contributed by atoms with E-state index >= 15 is 0 Å². The van der Waals surface area contributed by atoms with Crippen LogP contribution >= 0.6 is 0 Å². The fourth-order valence-electron chi connectivity index (χ4n) is 2.26. The molecule has 1 saturated carbocycles. The van der Waals surface area contributed by atoms with Gasteiger partial charge in [-0.3, -0.25) is 4.79 Å². The van der Waals surface area contributed by atoms with Gasteiger partial charge in [0.1, 0.15) is 5.82 Å². The lowest BCUT2D eigenvalue weighted by Crippen LogP contribution is -2.28. The van der Waals surface area contributed by atoms with Crippen molar-refractivity contribution in [3.8, 4) is 11.8 Å². The Morgan fingerprint density at radius 2 is 2.24 bits per heavy atom. The summed E-state index contributed by atoms with van der Waals surface area (Å²) in [6, 6.07) is 4.33. The molecule has 0 aliphatic heterocycles. The second kappa shape index (κ2) is 7.80. The van der Waals surface area contributed by atoms with E-state index in [1.165, 1.54) is 31.4 Å². The van der Waals surface area contributed by atoms with Crippen LogP contribution in [0.4, 0.5) is 4.39 Å². The van der Waals surface area contributed by atoms with Gasteiger partial charge in [0.2, 0.25) is 0 Å². The van der Waals surface area contributed by atoms with Crippen LogP contribution in [0.5, 0.6) is 0 Å². The molecule has 0 unspecified atom stereocenters. The monoisotopic (exact) mass is 289 g/mol. The molecule has 2 rings (SSSR count). The number of aliphatic hydroxyl groups excluding tert-OH is 1. The highest BCUT2D eigenvalue weighted by Gasteiger charge is 2.17. The van der Waals surface area contributed by atoms with E-state index in [1.807, 2.05) is 0 Å². The van der Waals surface area contributed by atoms with Crippen LogP contribution in [-0.4, -0.2) is 24.2 Å². The zero-order valence-electron chi connectivity index (χ0n) is 12.0. The van der Waals surface area contributed by atoms with Gasteiger partial charge in [0.15, 0.2) is 0 Å². The minimum absolute atomic E-state index is 0.0169. The normalized spacial score (nSPS) is 14.0. The molecule has 112 valence electrons. The van der Waals surface area contributed by atoms with Gasteiger partial charge in [-0.1, -0.05) is 31.1 Å². The molecule has 0 bridgehead atoms. The van der Waals surface area contributed by atoms with E-state index in [0.29, 0.717) is 18.5 Å². The van der Waals surface area contributed by atoms with Gasteiger partial charge < -0.3 is 10.4 Å². The number of nitrogens with one attached hydrogen (secondary N) is 1. The number of aliphatic hydroxyl groups is 1. The van der Waals surface area contributed by atoms with Crippen molar-refractivity contribution in [3.05, 3.63) is 35.1 Å². The van der Waals surface area contributed by atoms with Crippen molar-refractivity contribution in [3.63, 3.8) is 0 Å². The molecule has 21 heavy (non-hydrogen) atoms. The molecule has 1 aliphatic carbocycles. The molecule has 1 aliphatic rings. The van der Waals surface area contributed by atoms with Crippen molar-refractivity contribution in [2.45, 2.75) is 32.1 Å². The average molecular weight is 289 g/mol. The fourth-order valence-corrected chi connectivity index (χ4v) is 2.26. The van der Waals surface area contributed by atoms with Gasteiger partial charge in [-0.15, -0.1) is 0 Å². The van der Waals surface area contributed by atoms with Crippen molar-refractivity contribution >= 4 is 5.91 Å². The molecule has 4 heteroatoms. The van der Waals surface area contributed by atoms with E-state index in [2.05, 4.69) is 17.2 Å². The number of hydrogen-bond donors (Lipinski definition) is 2. The third-order valence-corrected chi connectivity index (χ3v) is 3.75. The maximum absolute atomic E-state index is 13.9. The van der Waals surface area contributed by atoms with E-state index in [-0.39, 0.29) is 18.1 Å². The summed E-state index contributed by atoms with van der Waals surface area (Å²) in [4.78, 5) is 11.9. The van der Waals surface area contributed by atoms with E-state index in [4.69, 9.17) is 5.11 Å². The second-order valence-electron chi connectivity index (χ2n) is 5.31. The summed E-state index contributed by atoms with van der Waals surface area (Å²) in [6.45, 7) is 0.581. The van der Waals surface area contributed by atoms with Crippen molar-refractivity contribution < 1.29 is 14.3 Å².